The van der Waals surface area contributed by atoms with Crippen LogP contribution in [0.3, 0.4) is 0 Å². The predicted molar refractivity (Wildman–Crippen MR) is 166 cm³/mol. The molecule has 2 saturated heterocycles. The van der Waals surface area contributed by atoms with Crippen molar-refractivity contribution in [2.24, 2.45) is 15.8 Å². The molecule has 0 aromatic heterocycles. The van der Waals surface area contributed by atoms with Gasteiger partial charge in [0.05, 0.1) is 25.9 Å². The van der Waals surface area contributed by atoms with E-state index in [0.29, 0.717) is 43.0 Å². The number of rotatable bonds is 4. The number of aliphatic imine (C=N–C) groups is 1. The molecule has 7 nitrogen and oxygen atoms in total. The summed E-state index contributed by atoms with van der Waals surface area (Å²) in [7, 11) is 1.61. The summed E-state index contributed by atoms with van der Waals surface area (Å²) in [6.45, 7) is 1.46. The molecule has 0 radical (unpaired) electrons. The maximum Gasteiger partial charge on any atom is 0.141 e. The van der Waals surface area contributed by atoms with E-state index in [1.165, 1.54) is 0 Å². The van der Waals surface area contributed by atoms with Crippen LogP contribution in [0, 0.1) is 33.5 Å². The van der Waals surface area contributed by atoms with Crippen LogP contribution in [0.25, 0.3) is 0 Å². The number of para-hydroxylation sites is 1. The van der Waals surface area contributed by atoms with E-state index in [0.717, 1.165) is 25.9 Å². The van der Waals surface area contributed by atoms with Gasteiger partial charge in [-0.1, -0.05) is 62.3 Å². The number of hydrogen-bond donors (Lipinski definition) is 0. The summed E-state index contributed by atoms with van der Waals surface area (Å²) in [5.74, 6) is 0.671. The molecule has 0 unspecified atom stereocenters. The number of thiocarbonyl (C=S) groups is 1. The zero-order valence-corrected chi connectivity index (χ0v) is 25.6. The first kappa shape index (κ1) is 26.8. The lowest BCUT2D eigenvalue weighted by atomic mass is 9.53. The minimum Gasteiger partial charge on any atom is -0.496 e. The molecule has 3 atom stereocenters. The molecule has 0 N–H and O–H groups in total. The van der Waals surface area contributed by atoms with Crippen LogP contribution in [0.1, 0.15) is 11.5 Å². The lowest BCUT2D eigenvalue weighted by Gasteiger charge is -2.61. The topological polar surface area (TPSA) is 78.9 Å². The number of fused-ring (bicyclic) bond motifs is 4. The van der Waals surface area contributed by atoms with Crippen molar-refractivity contribution >= 4 is 66.3 Å². The van der Waals surface area contributed by atoms with Crippen LogP contribution in [0.5, 0.6) is 5.75 Å². The summed E-state index contributed by atoms with van der Waals surface area (Å²) in [6.07, 6.45) is 0. The van der Waals surface area contributed by atoms with Crippen LogP contribution >= 0.6 is 44.1 Å². The van der Waals surface area contributed by atoms with Gasteiger partial charge in [-0.05, 0) is 54.6 Å². The van der Waals surface area contributed by atoms with E-state index in [9.17, 15) is 10.5 Å². The number of methoxy groups -OCH3 is 1. The second kappa shape index (κ2) is 10.2. The number of ether oxygens (including phenoxy) is 1. The van der Waals surface area contributed by atoms with Gasteiger partial charge in [0.1, 0.15) is 34.1 Å². The summed E-state index contributed by atoms with van der Waals surface area (Å²) in [6, 6.07) is 28.9. The van der Waals surface area contributed by atoms with Crippen LogP contribution in [-0.2, 0) is 0 Å². The fourth-order valence-corrected chi connectivity index (χ4v) is 7.24. The van der Waals surface area contributed by atoms with E-state index in [2.05, 4.69) is 53.8 Å². The van der Waals surface area contributed by atoms with Crippen molar-refractivity contribution in [3.63, 3.8) is 0 Å². The van der Waals surface area contributed by atoms with Gasteiger partial charge in [-0.25, -0.2) is 4.99 Å². The minimum absolute atomic E-state index is 0.332. The van der Waals surface area contributed by atoms with Crippen LogP contribution in [0.4, 0.5) is 11.4 Å². The van der Waals surface area contributed by atoms with Gasteiger partial charge in [0, 0.05) is 44.9 Å². The molecule has 3 aromatic rings. The normalized spacial score (nSPS) is 25.4. The molecular weight excluding hydrogens is 652 g/mol. The highest BCUT2D eigenvalue weighted by atomic mass is 79.9. The molecule has 2 fully saturated rings. The summed E-state index contributed by atoms with van der Waals surface area (Å²) < 4.78 is 7.72. The Morgan fingerprint density at radius 1 is 0.875 bits per heavy atom. The molecule has 2 bridgehead atoms. The molecular formula is C30H24Br2N6OS. The predicted octanol–water partition coefficient (Wildman–Crippen LogP) is 6.32. The number of nitriles is 2. The Labute approximate surface area is 255 Å². The van der Waals surface area contributed by atoms with Crippen LogP contribution in [-0.4, -0.2) is 49.3 Å². The fraction of sp³-hybridized carbons (Fsp3) is 0.267. The Bertz CT molecular complexity index is 1600. The van der Waals surface area contributed by atoms with Gasteiger partial charge in [0.15, 0.2) is 0 Å². The molecule has 0 saturated carbocycles. The maximum atomic E-state index is 11.1. The number of anilines is 2. The number of hydrogen-bond acceptors (Lipinski definition) is 7. The van der Waals surface area contributed by atoms with Crippen molar-refractivity contribution in [3.05, 3.63) is 87.3 Å². The summed E-state index contributed by atoms with van der Waals surface area (Å²) in [5.41, 5.74) is 0.337. The summed E-state index contributed by atoms with van der Waals surface area (Å²) >= 11 is 13.2. The molecule has 0 aliphatic carbocycles. The quantitative estimate of drug-likeness (QED) is 0.300. The van der Waals surface area contributed by atoms with Crippen molar-refractivity contribution in [3.8, 4) is 17.9 Å². The van der Waals surface area contributed by atoms with Crippen molar-refractivity contribution in [1.29, 1.82) is 10.5 Å². The second-order valence-electron chi connectivity index (χ2n) is 10.2. The first-order valence-electron chi connectivity index (χ1n) is 12.7. The van der Waals surface area contributed by atoms with Crippen LogP contribution in [0.15, 0.2) is 86.7 Å². The fourth-order valence-electron chi connectivity index (χ4n) is 6.34. The Morgan fingerprint density at radius 3 is 2.05 bits per heavy atom. The lowest BCUT2D eigenvalue weighted by molar-refractivity contribution is 0.202. The smallest absolute Gasteiger partial charge is 0.141 e. The van der Waals surface area contributed by atoms with Crippen molar-refractivity contribution in [1.82, 2.24) is 4.90 Å². The maximum absolute atomic E-state index is 11.1. The van der Waals surface area contributed by atoms with Gasteiger partial charge < -0.3 is 19.4 Å². The highest BCUT2D eigenvalue weighted by Crippen LogP contribution is 2.60. The molecule has 40 heavy (non-hydrogen) atoms. The molecule has 10 heteroatoms. The first-order valence-corrected chi connectivity index (χ1v) is 14.7. The largest absolute Gasteiger partial charge is 0.496 e. The minimum atomic E-state index is -1.20. The van der Waals surface area contributed by atoms with E-state index in [1.807, 2.05) is 77.7 Å². The van der Waals surface area contributed by atoms with Gasteiger partial charge in [-0.3, -0.25) is 0 Å². The monoisotopic (exact) mass is 674 g/mol. The van der Waals surface area contributed by atoms with Crippen molar-refractivity contribution in [2.75, 3.05) is 43.3 Å². The summed E-state index contributed by atoms with van der Waals surface area (Å²) in [4.78, 5) is 11.7. The van der Waals surface area contributed by atoms with Gasteiger partial charge in [-0.15, -0.1) is 0 Å². The standard InChI is InChI=1S/C30H24Br2N6OS/c1-39-25-5-3-2-4-24(25)26-29(14-33)16-36(22-10-6-20(31)7-11-22)17-30(26,15-34)28(40)38-19-37(18-35-27(29)38)23-12-8-21(32)9-13-23/h2-13,26H,16-19H2,1H3/t26-,29+,30+/m0/s1. The van der Waals surface area contributed by atoms with E-state index in [1.54, 1.807) is 7.11 Å². The van der Waals surface area contributed by atoms with Crippen molar-refractivity contribution in [2.45, 2.75) is 5.92 Å². The molecule has 3 aromatic carbocycles. The first-order chi connectivity index (χ1) is 19.4. The SMILES string of the molecule is COc1ccccc1[C@@H]1[C@@]2(C#N)CN(c3ccc(Br)cc3)C[C@@]1(C#N)C1=NCN(c3ccc(Br)cc3)CN1C2=S. The number of halogens is 2. The molecule has 3 heterocycles. The Balaban J connectivity index is 1.56. The van der Waals surface area contributed by atoms with Gasteiger partial charge >= 0.3 is 0 Å². The van der Waals surface area contributed by atoms with Crippen molar-refractivity contribution < 1.29 is 4.74 Å². The molecule has 200 valence electrons. The Hall–Kier alpha value is -3.44. The average Bonchev–Trinajstić information content (AvgIpc) is 3.00. The Kier molecular flexibility index (Phi) is 6.82. The molecule has 3 aliphatic rings. The zero-order chi connectivity index (χ0) is 28.1. The van der Waals surface area contributed by atoms with E-state index < -0.39 is 16.7 Å². The highest BCUT2D eigenvalue weighted by molar-refractivity contribution is 9.10. The van der Waals surface area contributed by atoms with E-state index in [4.69, 9.17) is 21.9 Å². The average molecular weight is 676 g/mol. The van der Waals surface area contributed by atoms with E-state index in [-0.39, 0.29) is 0 Å². The summed E-state index contributed by atoms with van der Waals surface area (Å²) in [5, 5.41) is 22.2. The Morgan fingerprint density at radius 2 is 1.45 bits per heavy atom. The third-order valence-corrected chi connectivity index (χ3v) is 9.73. The van der Waals surface area contributed by atoms with Gasteiger partial charge in [0.2, 0.25) is 0 Å². The second-order valence-corrected chi connectivity index (χ2v) is 12.4. The number of piperidine rings is 2. The third-order valence-electron chi connectivity index (χ3n) is 8.08. The molecule has 6 rings (SSSR count). The van der Waals surface area contributed by atoms with Gasteiger partial charge in [0.25, 0.3) is 0 Å². The van der Waals surface area contributed by atoms with E-state index >= 15 is 0 Å². The van der Waals surface area contributed by atoms with Crippen LogP contribution in [0.2, 0.25) is 0 Å². The van der Waals surface area contributed by atoms with Crippen LogP contribution < -0.4 is 14.5 Å². The third kappa shape index (κ3) is 4.01. The number of amidine groups is 1. The molecule has 0 amide bonds. The lowest BCUT2D eigenvalue weighted by Crippen LogP contribution is -2.73. The zero-order valence-electron chi connectivity index (χ0n) is 21.6. The molecule has 0 spiro atoms. The highest BCUT2D eigenvalue weighted by Gasteiger charge is 2.68. The molecule has 3 aliphatic heterocycles. The van der Waals surface area contributed by atoms with Gasteiger partial charge in [-0.2, -0.15) is 10.5 Å². The number of benzene rings is 3. The number of nitrogens with zero attached hydrogens (tertiary/aromatic N) is 6.